The zero-order valence-electron chi connectivity index (χ0n) is 13.0. The molecule has 0 saturated carbocycles. The number of nitrogens with zero attached hydrogens (tertiary/aromatic N) is 2. The summed E-state index contributed by atoms with van der Waals surface area (Å²) in [7, 11) is 0. The van der Waals surface area contributed by atoms with Crippen molar-refractivity contribution in [3.63, 3.8) is 0 Å². The van der Waals surface area contributed by atoms with Crippen LogP contribution >= 0.6 is 0 Å². The number of benzene rings is 1. The van der Waals surface area contributed by atoms with Crippen molar-refractivity contribution in [3.05, 3.63) is 53.6 Å². The normalized spacial score (nSPS) is 12.8. The molecule has 3 nitrogen and oxygen atoms in total. The van der Waals surface area contributed by atoms with Crippen molar-refractivity contribution in [2.24, 2.45) is 0 Å². The molecule has 1 N–H and O–H groups in total. The molecule has 0 amide bonds. The molecular formula is C17H24FN3. The van der Waals surface area contributed by atoms with E-state index in [1.807, 2.05) is 36.0 Å². The molecule has 1 atom stereocenters. The summed E-state index contributed by atoms with van der Waals surface area (Å²) in [5.41, 5.74) is 1.68. The first-order valence-corrected chi connectivity index (χ1v) is 7.67. The Morgan fingerprint density at radius 1 is 1.19 bits per heavy atom. The first-order valence-electron chi connectivity index (χ1n) is 7.67. The van der Waals surface area contributed by atoms with E-state index < -0.39 is 0 Å². The maximum atomic E-state index is 13.7. The van der Waals surface area contributed by atoms with E-state index in [9.17, 15) is 4.39 Å². The molecule has 0 aliphatic rings. The predicted octanol–water partition coefficient (Wildman–Crippen LogP) is 4.23. The van der Waals surface area contributed by atoms with E-state index in [0.29, 0.717) is 18.2 Å². The van der Waals surface area contributed by atoms with Gasteiger partial charge in [0.25, 0.3) is 0 Å². The van der Waals surface area contributed by atoms with Crippen LogP contribution in [0.15, 0.2) is 36.5 Å². The van der Waals surface area contributed by atoms with Gasteiger partial charge in [-0.1, -0.05) is 32.0 Å². The van der Waals surface area contributed by atoms with Crippen molar-refractivity contribution in [2.45, 2.75) is 52.2 Å². The monoisotopic (exact) mass is 289 g/mol. The molecule has 0 aliphatic heterocycles. The van der Waals surface area contributed by atoms with Gasteiger partial charge in [0.2, 0.25) is 0 Å². The van der Waals surface area contributed by atoms with Crippen LogP contribution in [0, 0.1) is 5.82 Å². The Kier molecular flexibility index (Phi) is 5.51. The minimum atomic E-state index is -0.167. The third-order valence-corrected chi connectivity index (χ3v) is 3.94. The molecule has 0 bridgehead atoms. The van der Waals surface area contributed by atoms with E-state index in [4.69, 9.17) is 0 Å². The number of halogens is 1. The van der Waals surface area contributed by atoms with Crippen molar-refractivity contribution < 1.29 is 4.39 Å². The summed E-state index contributed by atoms with van der Waals surface area (Å²) in [4.78, 5) is 0. The zero-order chi connectivity index (χ0) is 15.2. The van der Waals surface area contributed by atoms with E-state index in [-0.39, 0.29) is 11.9 Å². The summed E-state index contributed by atoms with van der Waals surface area (Å²) in [5.74, 6) is -0.167. The summed E-state index contributed by atoms with van der Waals surface area (Å²) < 4.78 is 15.7. The lowest BCUT2D eigenvalue weighted by atomic mass is 10.1. The van der Waals surface area contributed by atoms with Gasteiger partial charge in [0.1, 0.15) is 5.82 Å². The SMILES string of the molecule is CCC(CC)n1ccc(CNC(C)c2ccccc2F)n1. The number of nitrogens with one attached hydrogen (secondary N) is 1. The topological polar surface area (TPSA) is 29.9 Å². The van der Waals surface area contributed by atoms with Crippen LogP contribution in [0.1, 0.15) is 57.0 Å². The molecule has 0 saturated heterocycles. The van der Waals surface area contributed by atoms with Gasteiger partial charge in [-0.2, -0.15) is 5.10 Å². The van der Waals surface area contributed by atoms with Gasteiger partial charge in [0.15, 0.2) is 0 Å². The molecule has 2 rings (SSSR count). The van der Waals surface area contributed by atoms with Crippen LogP contribution in [0.3, 0.4) is 0 Å². The minimum Gasteiger partial charge on any atom is -0.304 e. The molecule has 1 aromatic carbocycles. The lowest BCUT2D eigenvalue weighted by Crippen LogP contribution is -2.19. The Labute approximate surface area is 126 Å². The van der Waals surface area contributed by atoms with Crippen LogP contribution in [0.5, 0.6) is 0 Å². The lowest BCUT2D eigenvalue weighted by molar-refractivity contribution is 0.422. The molecule has 0 fully saturated rings. The Morgan fingerprint density at radius 3 is 2.57 bits per heavy atom. The van der Waals surface area contributed by atoms with E-state index in [1.165, 1.54) is 6.07 Å². The highest BCUT2D eigenvalue weighted by molar-refractivity contribution is 5.20. The highest BCUT2D eigenvalue weighted by Crippen LogP contribution is 2.17. The summed E-state index contributed by atoms with van der Waals surface area (Å²) in [6.07, 6.45) is 4.19. The van der Waals surface area contributed by atoms with Gasteiger partial charge in [0.05, 0.1) is 11.7 Å². The van der Waals surface area contributed by atoms with E-state index in [1.54, 1.807) is 6.07 Å². The second-order valence-electron chi connectivity index (χ2n) is 5.38. The smallest absolute Gasteiger partial charge is 0.127 e. The molecule has 1 aromatic heterocycles. The summed E-state index contributed by atoms with van der Waals surface area (Å²) in [6.45, 7) is 6.96. The molecular weight excluding hydrogens is 265 g/mol. The van der Waals surface area contributed by atoms with Crippen molar-refractivity contribution >= 4 is 0 Å². The van der Waals surface area contributed by atoms with Crippen LogP contribution < -0.4 is 5.32 Å². The maximum absolute atomic E-state index is 13.7. The minimum absolute atomic E-state index is 0.0375. The van der Waals surface area contributed by atoms with E-state index in [0.717, 1.165) is 18.5 Å². The van der Waals surface area contributed by atoms with Crippen molar-refractivity contribution in [3.8, 4) is 0 Å². The van der Waals surface area contributed by atoms with Crippen molar-refractivity contribution in [1.82, 2.24) is 15.1 Å². The number of hydrogen-bond acceptors (Lipinski definition) is 2. The van der Waals surface area contributed by atoms with E-state index >= 15 is 0 Å². The van der Waals surface area contributed by atoms with Crippen molar-refractivity contribution in [1.29, 1.82) is 0 Å². The van der Waals surface area contributed by atoms with Gasteiger partial charge in [-0.05, 0) is 31.9 Å². The number of aromatic nitrogens is 2. The van der Waals surface area contributed by atoms with Gasteiger partial charge in [-0.15, -0.1) is 0 Å². The molecule has 0 spiro atoms. The van der Waals surface area contributed by atoms with Gasteiger partial charge >= 0.3 is 0 Å². The number of hydrogen-bond donors (Lipinski definition) is 1. The molecule has 21 heavy (non-hydrogen) atoms. The van der Waals surface area contributed by atoms with Crippen molar-refractivity contribution in [2.75, 3.05) is 0 Å². The molecule has 2 aromatic rings. The summed E-state index contributed by atoms with van der Waals surface area (Å²) in [5, 5.41) is 7.93. The lowest BCUT2D eigenvalue weighted by Gasteiger charge is -2.15. The molecule has 0 aliphatic carbocycles. The molecule has 0 radical (unpaired) electrons. The Balaban J connectivity index is 1.96. The summed E-state index contributed by atoms with van der Waals surface area (Å²) >= 11 is 0. The molecule has 114 valence electrons. The van der Waals surface area contributed by atoms with Gasteiger partial charge in [0, 0.05) is 24.3 Å². The summed E-state index contributed by atoms with van der Waals surface area (Å²) in [6, 6.07) is 9.33. The highest BCUT2D eigenvalue weighted by atomic mass is 19.1. The second-order valence-corrected chi connectivity index (χ2v) is 5.38. The Bertz CT molecular complexity index is 561. The Hall–Kier alpha value is -1.68. The maximum Gasteiger partial charge on any atom is 0.127 e. The zero-order valence-corrected chi connectivity index (χ0v) is 13.0. The fourth-order valence-corrected chi connectivity index (χ4v) is 2.53. The van der Waals surface area contributed by atoms with Gasteiger partial charge in [-0.3, -0.25) is 4.68 Å². The average molecular weight is 289 g/mol. The van der Waals surface area contributed by atoms with Crippen LogP contribution in [0.4, 0.5) is 4.39 Å². The van der Waals surface area contributed by atoms with Gasteiger partial charge < -0.3 is 5.32 Å². The molecule has 4 heteroatoms. The first kappa shape index (κ1) is 15.7. The molecule has 1 heterocycles. The average Bonchev–Trinajstić information content (AvgIpc) is 2.95. The largest absolute Gasteiger partial charge is 0.304 e. The van der Waals surface area contributed by atoms with Crippen LogP contribution in [-0.2, 0) is 6.54 Å². The fraction of sp³-hybridized carbons (Fsp3) is 0.471. The van der Waals surface area contributed by atoms with Crippen LogP contribution in [0.25, 0.3) is 0 Å². The van der Waals surface area contributed by atoms with E-state index in [2.05, 4.69) is 24.3 Å². The predicted molar refractivity (Wildman–Crippen MR) is 83.5 cm³/mol. The standard InChI is InChI=1S/C17H24FN3/c1-4-15(5-2)21-11-10-14(20-21)12-19-13(3)16-8-6-7-9-17(16)18/h6-11,13,15,19H,4-5,12H2,1-3H3. The fourth-order valence-electron chi connectivity index (χ4n) is 2.53. The van der Waals surface area contributed by atoms with Crippen LogP contribution in [0.2, 0.25) is 0 Å². The Morgan fingerprint density at radius 2 is 1.90 bits per heavy atom. The van der Waals surface area contributed by atoms with Crippen LogP contribution in [-0.4, -0.2) is 9.78 Å². The quantitative estimate of drug-likeness (QED) is 0.826. The second kappa shape index (κ2) is 7.36. The molecule has 1 unspecified atom stereocenters. The number of rotatable bonds is 7. The highest BCUT2D eigenvalue weighted by Gasteiger charge is 2.11. The third-order valence-electron chi connectivity index (χ3n) is 3.94. The van der Waals surface area contributed by atoms with Gasteiger partial charge in [-0.25, -0.2) is 4.39 Å². The third kappa shape index (κ3) is 3.91. The first-order chi connectivity index (χ1) is 10.2.